The molecule has 1 N–H and O–H groups in total. The molecule has 0 heterocycles. The molecule has 1 aromatic rings. The highest BCUT2D eigenvalue weighted by molar-refractivity contribution is 8.00. The number of hydrogen-bond acceptors (Lipinski definition) is 2. The van der Waals surface area contributed by atoms with Gasteiger partial charge < -0.3 is 5.32 Å². The van der Waals surface area contributed by atoms with Crippen molar-refractivity contribution in [2.45, 2.75) is 43.4 Å². The van der Waals surface area contributed by atoms with Gasteiger partial charge in [-0.1, -0.05) is 36.6 Å². The topological polar surface area (TPSA) is 12.0 Å². The molecular weight excluding hydrogens is 262 g/mol. The lowest BCUT2D eigenvalue weighted by Gasteiger charge is -2.29. The van der Waals surface area contributed by atoms with Crippen molar-refractivity contribution in [1.29, 1.82) is 0 Å². The fourth-order valence-electron chi connectivity index (χ4n) is 2.71. The first-order valence-electron chi connectivity index (χ1n) is 6.69. The second-order valence-electron chi connectivity index (χ2n) is 5.25. The first-order valence-corrected chi connectivity index (χ1v) is 8.29. The fourth-order valence-corrected chi connectivity index (χ4v) is 3.83. The fraction of sp³-hybridized carbons (Fsp3) is 0.600. The Balaban J connectivity index is 1.93. The number of hydrogen-bond donors (Lipinski definition) is 1. The first kappa shape index (κ1) is 14.2. The van der Waals surface area contributed by atoms with Crippen molar-refractivity contribution in [3.8, 4) is 0 Å². The van der Waals surface area contributed by atoms with Crippen molar-refractivity contribution in [3.05, 3.63) is 34.9 Å². The van der Waals surface area contributed by atoms with Crippen LogP contribution in [0.4, 0.5) is 0 Å². The van der Waals surface area contributed by atoms with Crippen LogP contribution in [0.3, 0.4) is 0 Å². The van der Waals surface area contributed by atoms with Gasteiger partial charge in [0.25, 0.3) is 0 Å². The molecule has 1 aliphatic rings. The highest BCUT2D eigenvalue weighted by atomic mass is 35.5. The molecule has 2 rings (SSSR count). The largest absolute Gasteiger partial charge is 0.309 e. The third-order valence-electron chi connectivity index (χ3n) is 4.03. The average molecular weight is 284 g/mol. The van der Waals surface area contributed by atoms with Crippen LogP contribution in [0, 0.1) is 0 Å². The summed E-state index contributed by atoms with van der Waals surface area (Å²) in [6.07, 6.45) is 7.71. The maximum atomic E-state index is 6.04. The van der Waals surface area contributed by atoms with E-state index in [1.807, 2.05) is 23.9 Å². The third kappa shape index (κ3) is 3.43. The zero-order valence-electron chi connectivity index (χ0n) is 11.2. The molecule has 1 saturated carbocycles. The van der Waals surface area contributed by atoms with E-state index in [1.54, 1.807) is 0 Å². The lowest BCUT2D eigenvalue weighted by molar-refractivity contribution is 0.486. The van der Waals surface area contributed by atoms with Gasteiger partial charge in [-0.3, -0.25) is 0 Å². The molecule has 1 atom stereocenters. The number of benzene rings is 1. The Bertz CT molecular complexity index is 388. The number of rotatable bonds is 5. The normalized spacial score (nSPS) is 19.9. The van der Waals surface area contributed by atoms with Gasteiger partial charge in [0.05, 0.1) is 0 Å². The van der Waals surface area contributed by atoms with Gasteiger partial charge in [-0.15, -0.1) is 0 Å². The lowest BCUT2D eigenvalue weighted by atomic mass is 10.0. The Morgan fingerprint density at radius 2 is 2.11 bits per heavy atom. The van der Waals surface area contributed by atoms with E-state index in [-0.39, 0.29) is 0 Å². The van der Waals surface area contributed by atoms with Gasteiger partial charge in [-0.05, 0) is 43.7 Å². The Hall–Kier alpha value is -0.180. The summed E-state index contributed by atoms with van der Waals surface area (Å²) >= 11 is 8.07. The van der Waals surface area contributed by atoms with Gasteiger partial charge in [0.1, 0.15) is 0 Å². The van der Waals surface area contributed by atoms with Crippen LogP contribution in [0.5, 0.6) is 0 Å². The van der Waals surface area contributed by atoms with Gasteiger partial charge in [-0.2, -0.15) is 11.8 Å². The Morgan fingerprint density at radius 1 is 1.39 bits per heavy atom. The summed E-state index contributed by atoms with van der Waals surface area (Å²) in [5.41, 5.74) is 1.27. The minimum atomic E-state index is 0.369. The van der Waals surface area contributed by atoms with Crippen LogP contribution < -0.4 is 5.32 Å². The molecule has 0 amide bonds. The molecule has 18 heavy (non-hydrogen) atoms. The first-order chi connectivity index (χ1) is 8.65. The number of thioether (sulfide) groups is 1. The Labute approximate surface area is 120 Å². The van der Waals surface area contributed by atoms with E-state index in [4.69, 9.17) is 11.6 Å². The quantitative estimate of drug-likeness (QED) is 0.843. The summed E-state index contributed by atoms with van der Waals surface area (Å²) < 4.78 is 0.465. The molecular formula is C15H22ClNS. The minimum absolute atomic E-state index is 0.369. The van der Waals surface area contributed by atoms with Gasteiger partial charge in [0, 0.05) is 22.4 Å². The van der Waals surface area contributed by atoms with Crippen molar-refractivity contribution in [1.82, 2.24) is 5.32 Å². The van der Waals surface area contributed by atoms with E-state index in [0.717, 1.165) is 11.6 Å². The SMILES string of the molecule is CSC1(CNC(C)c2cccc(Cl)c2)CCCC1. The molecule has 0 aromatic heterocycles. The van der Waals surface area contributed by atoms with E-state index in [2.05, 4.69) is 30.6 Å². The van der Waals surface area contributed by atoms with E-state index in [9.17, 15) is 0 Å². The molecule has 0 spiro atoms. The molecule has 1 nitrogen and oxygen atoms in total. The summed E-state index contributed by atoms with van der Waals surface area (Å²) in [6, 6.07) is 8.52. The number of halogens is 1. The second-order valence-corrected chi connectivity index (χ2v) is 6.96. The molecule has 0 radical (unpaired) electrons. The van der Waals surface area contributed by atoms with Crippen molar-refractivity contribution >= 4 is 23.4 Å². The maximum absolute atomic E-state index is 6.04. The predicted octanol–water partition coefficient (Wildman–Crippen LogP) is 4.67. The van der Waals surface area contributed by atoms with E-state index < -0.39 is 0 Å². The predicted molar refractivity (Wildman–Crippen MR) is 82.6 cm³/mol. The van der Waals surface area contributed by atoms with Crippen LogP contribution in [-0.4, -0.2) is 17.5 Å². The standard InChI is InChI=1S/C15H22ClNS/c1-12(13-6-5-7-14(16)10-13)17-11-15(18-2)8-3-4-9-15/h5-7,10,12,17H,3-4,8-9,11H2,1-2H3. The molecule has 0 aliphatic heterocycles. The zero-order valence-corrected chi connectivity index (χ0v) is 12.8. The molecule has 1 fully saturated rings. The molecule has 0 saturated heterocycles. The van der Waals surface area contributed by atoms with Gasteiger partial charge in [0.15, 0.2) is 0 Å². The van der Waals surface area contributed by atoms with E-state index in [0.29, 0.717) is 10.8 Å². The van der Waals surface area contributed by atoms with Gasteiger partial charge in [-0.25, -0.2) is 0 Å². The zero-order chi connectivity index (χ0) is 13.0. The summed E-state index contributed by atoms with van der Waals surface area (Å²) in [5.74, 6) is 0. The highest BCUT2D eigenvalue weighted by Crippen LogP contribution is 2.40. The summed E-state index contributed by atoms with van der Waals surface area (Å²) in [4.78, 5) is 0. The molecule has 1 unspecified atom stereocenters. The van der Waals surface area contributed by atoms with Gasteiger partial charge >= 0.3 is 0 Å². The van der Waals surface area contributed by atoms with Crippen molar-refractivity contribution in [2.24, 2.45) is 0 Å². The summed E-state index contributed by atoms with van der Waals surface area (Å²) in [6.45, 7) is 3.32. The molecule has 1 aliphatic carbocycles. The van der Waals surface area contributed by atoms with Crippen LogP contribution in [0.25, 0.3) is 0 Å². The summed E-state index contributed by atoms with van der Waals surface area (Å²) in [5, 5.41) is 4.50. The molecule has 3 heteroatoms. The smallest absolute Gasteiger partial charge is 0.0409 e. The average Bonchev–Trinajstić information content (AvgIpc) is 2.85. The Morgan fingerprint density at radius 3 is 2.72 bits per heavy atom. The van der Waals surface area contributed by atoms with Crippen molar-refractivity contribution in [2.75, 3.05) is 12.8 Å². The lowest BCUT2D eigenvalue weighted by Crippen LogP contribution is -2.36. The highest BCUT2D eigenvalue weighted by Gasteiger charge is 2.32. The maximum Gasteiger partial charge on any atom is 0.0409 e. The van der Waals surface area contributed by atoms with Crippen LogP contribution in [0.1, 0.15) is 44.2 Å². The van der Waals surface area contributed by atoms with Crippen LogP contribution in [0.15, 0.2) is 24.3 Å². The molecule has 1 aromatic carbocycles. The third-order valence-corrected chi connectivity index (χ3v) is 5.68. The van der Waals surface area contributed by atoms with Gasteiger partial charge in [0.2, 0.25) is 0 Å². The van der Waals surface area contributed by atoms with Crippen molar-refractivity contribution in [3.63, 3.8) is 0 Å². The van der Waals surface area contributed by atoms with E-state index >= 15 is 0 Å². The van der Waals surface area contributed by atoms with Crippen LogP contribution >= 0.6 is 23.4 Å². The Kier molecular flexibility index (Phi) is 4.99. The van der Waals surface area contributed by atoms with Crippen LogP contribution in [-0.2, 0) is 0 Å². The van der Waals surface area contributed by atoms with E-state index in [1.165, 1.54) is 31.2 Å². The van der Waals surface area contributed by atoms with Crippen LogP contribution in [0.2, 0.25) is 5.02 Å². The van der Waals surface area contributed by atoms with Crippen molar-refractivity contribution < 1.29 is 0 Å². The minimum Gasteiger partial charge on any atom is -0.309 e. The monoisotopic (exact) mass is 283 g/mol. The number of nitrogens with one attached hydrogen (secondary N) is 1. The second kappa shape index (κ2) is 6.31. The summed E-state index contributed by atoms with van der Waals surface area (Å²) in [7, 11) is 0. The molecule has 100 valence electrons. The molecule has 0 bridgehead atoms.